The van der Waals surface area contributed by atoms with E-state index in [1.54, 1.807) is 17.5 Å². The summed E-state index contributed by atoms with van der Waals surface area (Å²) in [6, 6.07) is 12.7. The van der Waals surface area contributed by atoms with Crippen LogP contribution in [0.4, 0.5) is 0 Å². The van der Waals surface area contributed by atoms with Gasteiger partial charge in [0.15, 0.2) is 0 Å². The fourth-order valence-electron chi connectivity index (χ4n) is 4.50. The predicted molar refractivity (Wildman–Crippen MR) is 144 cm³/mol. The number of hydrogen-bond acceptors (Lipinski definition) is 8. The summed E-state index contributed by atoms with van der Waals surface area (Å²) in [5.74, 6) is 0.749. The highest BCUT2D eigenvalue weighted by Gasteiger charge is 2.30. The average Bonchev–Trinajstić information content (AvgIpc) is 3.31. The molecular formula is C26H29N5O4S2. The topological polar surface area (TPSA) is 97.1 Å². The zero-order valence-corrected chi connectivity index (χ0v) is 22.9. The Bertz CT molecular complexity index is 1620. The van der Waals surface area contributed by atoms with Crippen molar-refractivity contribution in [3.05, 3.63) is 75.2 Å². The molecule has 0 saturated carbocycles. The van der Waals surface area contributed by atoms with Crippen LogP contribution in [-0.4, -0.2) is 65.5 Å². The quantitative estimate of drug-likeness (QED) is 0.371. The van der Waals surface area contributed by atoms with E-state index in [4.69, 9.17) is 4.74 Å². The van der Waals surface area contributed by atoms with E-state index in [0.717, 1.165) is 28.0 Å². The van der Waals surface area contributed by atoms with Crippen LogP contribution in [0.2, 0.25) is 0 Å². The molecule has 4 aromatic rings. The number of methoxy groups -OCH3 is 1. The van der Waals surface area contributed by atoms with Gasteiger partial charge in [-0.15, -0.1) is 0 Å². The maximum Gasteiger partial charge on any atom is 0.275 e. The largest absolute Gasteiger partial charge is 0.497 e. The van der Waals surface area contributed by atoms with E-state index in [0.29, 0.717) is 53.3 Å². The maximum atomic E-state index is 13.3. The number of piperazine rings is 1. The highest BCUT2D eigenvalue weighted by molar-refractivity contribution is 7.89. The van der Waals surface area contributed by atoms with Gasteiger partial charge < -0.3 is 4.74 Å². The second-order valence-electron chi connectivity index (χ2n) is 9.30. The molecule has 1 aliphatic heterocycles. The first kappa shape index (κ1) is 25.5. The van der Waals surface area contributed by atoms with Gasteiger partial charge in [0.05, 0.1) is 17.7 Å². The van der Waals surface area contributed by atoms with Crippen molar-refractivity contribution in [1.82, 2.24) is 23.8 Å². The van der Waals surface area contributed by atoms with Crippen molar-refractivity contribution in [2.75, 3.05) is 33.3 Å². The number of ether oxygens (including phenoxy) is 1. The van der Waals surface area contributed by atoms with Crippen molar-refractivity contribution < 1.29 is 13.2 Å². The molecule has 2 aromatic carbocycles. The van der Waals surface area contributed by atoms with E-state index >= 15 is 0 Å². The van der Waals surface area contributed by atoms with Crippen molar-refractivity contribution in [3.63, 3.8) is 0 Å². The molecule has 2 aromatic heterocycles. The molecule has 0 spiro atoms. The lowest BCUT2D eigenvalue weighted by atomic mass is 10.1. The zero-order valence-electron chi connectivity index (χ0n) is 21.3. The van der Waals surface area contributed by atoms with Gasteiger partial charge in [0.25, 0.3) is 5.56 Å². The number of nitrogens with zero attached hydrogens (tertiary/aromatic N) is 5. The standard InChI is InChI=1S/C26H29N5O4S2/c1-17-13-19(3)23(14-18(17)2)37(33,34)30-11-9-29(10-12-30)16-21-15-24(32)31-26(27-21)36-25(28-31)20-5-7-22(35-4)8-6-20/h5-8,13-15H,9-12,16H2,1-4H3. The first-order valence-corrected chi connectivity index (χ1v) is 14.3. The molecule has 0 N–H and O–H groups in total. The average molecular weight is 540 g/mol. The minimum Gasteiger partial charge on any atom is -0.497 e. The smallest absolute Gasteiger partial charge is 0.275 e. The fraction of sp³-hybridized carbons (Fsp3) is 0.346. The van der Waals surface area contributed by atoms with Gasteiger partial charge in [0.2, 0.25) is 15.0 Å². The first-order valence-electron chi connectivity index (χ1n) is 12.0. The molecular weight excluding hydrogens is 510 g/mol. The molecule has 0 unspecified atom stereocenters. The number of sulfonamides is 1. The van der Waals surface area contributed by atoms with Crippen molar-refractivity contribution in [3.8, 4) is 16.3 Å². The first-order chi connectivity index (χ1) is 17.7. The molecule has 37 heavy (non-hydrogen) atoms. The Morgan fingerprint density at radius 3 is 2.30 bits per heavy atom. The van der Waals surface area contributed by atoms with Crippen LogP contribution >= 0.6 is 11.3 Å². The molecule has 1 aliphatic rings. The lowest BCUT2D eigenvalue weighted by Crippen LogP contribution is -2.48. The molecule has 0 amide bonds. The third-order valence-electron chi connectivity index (χ3n) is 6.76. The highest BCUT2D eigenvalue weighted by Crippen LogP contribution is 2.27. The Balaban J connectivity index is 1.29. The maximum absolute atomic E-state index is 13.3. The van der Waals surface area contributed by atoms with Gasteiger partial charge in [-0.1, -0.05) is 17.4 Å². The van der Waals surface area contributed by atoms with Crippen LogP contribution in [0.15, 0.2) is 52.2 Å². The van der Waals surface area contributed by atoms with Crippen LogP contribution in [0.5, 0.6) is 5.75 Å². The normalized spacial score (nSPS) is 15.4. The highest BCUT2D eigenvalue weighted by atomic mass is 32.2. The van der Waals surface area contributed by atoms with Gasteiger partial charge >= 0.3 is 0 Å². The van der Waals surface area contributed by atoms with E-state index < -0.39 is 10.0 Å². The second kappa shape index (κ2) is 9.97. The molecule has 9 nitrogen and oxygen atoms in total. The molecule has 1 saturated heterocycles. The van der Waals surface area contributed by atoms with Crippen LogP contribution in [0.25, 0.3) is 15.5 Å². The molecule has 11 heteroatoms. The predicted octanol–water partition coefficient (Wildman–Crippen LogP) is 3.26. The molecule has 5 rings (SSSR count). The molecule has 0 radical (unpaired) electrons. The molecule has 194 valence electrons. The number of aromatic nitrogens is 3. The summed E-state index contributed by atoms with van der Waals surface area (Å²) in [7, 11) is -1.96. The van der Waals surface area contributed by atoms with Crippen molar-refractivity contribution in [1.29, 1.82) is 0 Å². The van der Waals surface area contributed by atoms with Gasteiger partial charge in [-0.3, -0.25) is 9.69 Å². The molecule has 1 fully saturated rings. The van der Waals surface area contributed by atoms with Gasteiger partial charge in [0.1, 0.15) is 10.8 Å². The summed E-state index contributed by atoms with van der Waals surface area (Å²) in [5.41, 5.74) is 4.11. The Morgan fingerprint density at radius 2 is 1.62 bits per heavy atom. The van der Waals surface area contributed by atoms with Crippen molar-refractivity contribution >= 4 is 26.3 Å². The van der Waals surface area contributed by atoms with E-state index in [-0.39, 0.29) is 5.56 Å². The van der Waals surface area contributed by atoms with Crippen LogP contribution in [0.3, 0.4) is 0 Å². The Kier molecular flexibility index (Phi) is 6.88. The number of hydrogen-bond donors (Lipinski definition) is 0. The Labute approximate surface area is 220 Å². The molecule has 0 atom stereocenters. The van der Waals surface area contributed by atoms with Crippen LogP contribution < -0.4 is 10.3 Å². The summed E-state index contributed by atoms with van der Waals surface area (Å²) < 4.78 is 34.7. The molecule has 0 bridgehead atoms. The van der Waals surface area contributed by atoms with Gasteiger partial charge in [-0.25, -0.2) is 13.4 Å². The SMILES string of the molecule is COc1ccc(-c2nn3c(=O)cc(CN4CCN(S(=O)(=O)c5cc(C)c(C)cc5C)CC4)nc3s2)cc1. The lowest BCUT2D eigenvalue weighted by Gasteiger charge is -2.34. The van der Waals surface area contributed by atoms with E-state index in [9.17, 15) is 13.2 Å². The summed E-state index contributed by atoms with van der Waals surface area (Å²) in [6.07, 6.45) is 0. The minimum absolute atomic E-state index is 0.234. The second-order valence-corrected chi connectivity index (χ2v) is 12.2. The Hall–Kier alpha value is -3.12. The third-order valence-corrected chi connectivity index (χ3v) is 9.76. The monoisotopic (exact) mass is 539 g/mol. The zero-order chi connectivity index (χ0) is 26.3. The Morgan fingerprint density at radius 1 is 0.946 bits per heavy atom. The van der Waals surface area contributed by atoms with E-state index in [1.807, 2.05) is 51.1 Å². The van der Waals surface area contributed by atoms with Gasteiger partial charge in [-0.2, -0.15) is 13.9 Å². The molecule has 3 heterocycles. The number of aryl methyl sites for hydroxylation is 3. The third kappa shape index (κ3) is 5.04. The number of rotatable bonds is 6. The summed E-state index contributed by atoms with van der Waals surface area (Å²) in [6.45, 7) is 8.12. The summed E-state index contributed by atoms with van der Waals surface area (Å²) in [5, 5.41) is 5.14. The van der Waals surface area contributed by atoms with Crippen molar-refractivity contribution in [2.24, 2.45) is 0 Å². The molecule has 0 aliphatic carbocycles. The van der Waals surface area contributed by atoms with Gasteiger partial charge in [-0.05, 0) is 67.8 Å². The van der Waals surface area contributed by atoms with E-state index in [1.165, 1.54) is 21.9 Å². The van der Waals surface area contributed by atoms with Crippen LogP contribution in [-0.2, 0) is 16.6 Å². The van der Waals surface area contributed by atoms with Gasteiger partial charge in [0, 0.05) is 44.4 Å². The lowest BCUT2D eigenvalue weighted by molar-refractivity contribution is 0.180. The van der Waals surface area contributed by atoms with Crippen LogP contribution in [0.1, 0.15) is 22.4 Å². The summed E-state index contributed by atoms with van der Waals surface area (Å²) in [4.78, 5) is 20.5. The minimum atomic E-state index is -3.57. The van der Waals surface area contributed by atoms with Crippen LogP contribution in [0, 0.1) is 20.8 Å². The van der Waals surface area contributed by atoms with Crippen molar-refractivity contribution in [2.45, 2.75) is 32.2 Å². The van der Waals surface area contributed by atoms with E-state index in [2.05, 4.69) is 15.0 Å². The number of benzene rings is 2. The number of fused-ring (bicyclic) bond motifs is 1. The fourth-order valence-corrected chi connectivity index (χ4v) is 7.14. The summed E-state index contributed by atoms with van der Waals surface area (Å²) >= 11 is 1.35.